The molecule has 1 aliphatic heterocycles. The molecule has 0 aromatic heterocycles. The molecule has 0 unspecified atom stereocenters. The lowest BCUT2D eigenvalue weighted by molar-refractivity contribution is 0.0954. The first-order valence-corrected chi connectivity index (χ1v) is 10.3. The first-order chi connectivity index (χ1) is 13.4. The number of guanidine groups is 1. The SMILES string of the molecule is CCNC(=NCC(C)(C)N1CCCCC1)NCCNC(=O)c1ccc(O)cc1. The van der Waals surface area contributed by atoms with E-state index >= 15 is 0 Å². The minimum absolute atomic E-state index is 0.0376. The quantitative estimate of drug-likeness (QED) is 0.310. The number of phenols is 1. The molecule has 0 aliphatic carbocycles. The van der Waals surface area contributed by atoms with Crippen LogP contribution >= 0.6 is 0 Å². The van der Waals surface area contributed by atoms with Gasteiger partial charge in [0, 0.05) is 30.7 Å². The molecule has 1 fully saturated rings. The number of nitrogens with zero attached hydrogens (tertiary/aromatic N) is 2. The fourth-order valence-corrected chi connectivity index (χ4v) is 3.29. The lowest BCUT2D eigenvalue weighted by Gasteiger charge is -2.40. The van der Waals surface area contributed by atoms with Gasteiger partial charge in [0.1, 0.15) is 5.75 Å². The third-order valence-corrected chi connectivity index (χ3v) is 5.01. The van der Waals surface area contributed by atoms with E-state index in [1.54, 1.807) is 12.1 Å². The minimum atomic E-state index is -0.157. The molecular weight excluding hydrogens is 354 g/mol. The van der Waals surface area contributed by atoms with Crippen LogP contribution in [0.25, 0.3) is 0 Å². The summed E-state index contributed by atoms with van der Waals surface area (Å²) in [6.45, 7) is 11.4. The van der Waals surface area contributed by atoms with Gasteiger partial charge in [0.25, 0.3) is 5.91 Å². The number of piperidine rings is 1. The second-order valence-electron chi connectivity index (χ2n) is 7.78. The number of aliphatic imine (C=N–C) groups is 1. The van der Waals surface area contributed by atoms with Crippen molar-refractivity contribution in [3.63, 3.8) is 0 Å². The van der Waals surface area contributed by atoms with E-state index in [1.807, 2.05) is 6.92 Å². The van der Waals surface area contributed by atoms with E-state index in [9.17, 15) is 9.90 Å². The third-order valence-electron chi connectivity index (χ3n) is 5.01. The molecular formula is C21H35N5O2. The predicted octanol–water partition coefficient (Wildman–Crippen LogP) is 1.94. The number of rotatable bonds is 8. The number of amides is 1. The maximum atomic E-state index is 12.1. The average molecular weight is 390 g/mol. The van der Waals surface area contributed by atoms with E-state index in [0.717, 1.165) is 32.1 Å². The Kier molecular flexibility index (Phi) is 8.57. The molecule has 2 rings (SSSR count). The van der Waals surface area contributed by atoms with Gasteiger partial charge >= 0.3 is 0 Å². The second kappa shape index (κ2) is 10.9. The number of hydrogen-bond donors (Lipinski definition) is 4. The van der Waals surface area contributed by atoms with Crippen molar-refractivity contribution in [1.82, 2.24) is 20.9 Å². The molecule has 0 bridgehead atoms. The number of carbonyl (C=O) groups is 1. The fourth-order valence-electron chi connectivity index (χ4n) is 3.29. The number of aromatic hydroxyl groups is 1. The Morgan fingerprint density at radius 2 is 1.71 bits per heavy atom. The Morgan fingerprint density at radius 1 is 1.07 bits per heavy atom. The Balaban J connectivity index is 1.78. The van der Waals surface area contributed by atoms with Crippen LogP contribution < -0.4 is 16.0 Å². The van der Waals surface area contributed by atoms with Crippen LogP contribution in [0.3, 0.4) is 0 Å². The van der Waals surface area contributed by atoms with Crippen LogP contribution in [0.5, 0.6) is 5.75 Å². The van der Waals surface area contributed by atoms with Crippen molar-refractivity contribution in [2.45, 2.75) is 45.6 Å². The third kappa shape index (κ3) is 7.03. The van der Waals surface area contributed by atoms with Gasteiger partial charge in [-0.1, -0.05) is 6.42 Å². The Morgan fingerprint density at radius 3 is 2.36 bits per heavy atom. The fraction of sp³-hybridized carbons (Fsp3) is 0.619. The molecule has 0 radical (unpaired) electrons. The van der Waals surface area contributed by atoms with Gasteiger partial charge < -0.3 is 21.1 Å². The lowest BCUT2D eigenvalue weighted by atomic mass is 9.99. The van der Waals surface area contributed by atoms with Crippen molar-refractivity contribution in [2.75, 3.05) is 39.3 Å². The lowest BCUT2D eigenvalue weighted by Crippen LogP contribution is -2.50. The molecule has 1 heterocycles. The first kappa shape index (κ1) is 22.0. The highest BCUT2D eigenvalue weighted by Crippen LogP contribution is 2.20. The van der Waals surface area contributed by atoms with Gasteiger partial charge in [-0.05, 0) is 71.0 Å². The summed E-state index contributed by atoms with van der Waals surface area (Å²) in [4.78, 5) is 19.4. The Bertz CT molecular complexity index is 637. The summed E-state index contributed by atoms with van der Waals surface area (Å²) in [7, 11) is 0. The van der Waals surface area contributed by atoms with Gasteiger partial charge in [-0.15, -0.1) is 0 Å². The molecule has 156 valence electrons. The summed E-state index contributed by atoms with van der Waals surface area (Å²) in [5, 5.41) is 18.7. The molecule has 7 heteroatoms. The van der Waals surface area contributed by atoms with Crippen molar-refractivity contribution in [3.8, 4) is 5.75 Å². The predicted molar refractivity (Wildman–Crippen MR) is 114 cm³/mol. The summed E-state index contributed by atoms with van der Waals surface area (Å²) in [6.07, 6.45) is 3.87. The number of phenolic OH excluding ortho intramolecular Hbond substituents is 1. The van der Waals surface area contributed by atoms with Crippen LogP contribution in [0.15, 0.2) is 29.3 Å². The average Bonchev–Trinajstić information content (AvgIpc) is 2.70. The smallest absolute Gasteiger partial charge is 0.251 e. The zero-order valence-electron chi connectivity index (χ0n) is 17.4. The molecule has 1 aliphatic rings. The van der Waals surface area contributed by atoms with Crippen LogP contribution in [0.2, 0.25) is 0 Å². The van der Waals surface area contributed by atoms with Gasteiger partial charge in [-0.25, -0.2) is 0 Å². The molecule has 28 heavy (non-hydrogen) atoms. The highest BCUT2D eigenvalue weighted by Gasteiger charge is 2.27. The summed E-state index contributed by atoms with van der Waals surface area (Å²) in [5.74, 6) is 0.763. The number of benzene rings is 1. The van der Waals surface area contributed by atoms with Crippen molar-refractivity contribution in [2.24, 2.45) is 4.99 Å². The largest absolute Gasteiger partial charge is 0.508 e. The normalized spacial score (nSPS) is 15.9. The topological polar surface area (TPSA) is 89.0 Å². The van der Waals surface area contributed by atoms with Gasteiger partial charge in [-0.2, -0.15) is 0 Å². The molecule has 4 N–H and O–H groups in total. The van der Waals surface area contributed by atoms with E-state index < -0.39 is 0 Å². The molecule has 0 saturated carbocycles. The molecule has 1 saturated heterocycles. The van der Waals surface area contributed by atoms with Crippen LogP contribution in [0.4, 0.5) is 0 Å². The van der Waals surface area contributed by atoms with Crippen LogP contribution in [-0.4, -0.2) is 66.7 Å². The van der Waals surface area contributed by atoms with Crippen molar-refractivity contribution in [3.05, 3.63) is 29.8 Å². The van der Waals surface area contributed by atoms with Crippen LogP contribution in [-0.2, 0) is 0 Å². The monoisotopic (exact) mass is 389 g/mol. The van der Waals surface area contributed by atoms with E-state index in [1.165, 1.54) is 31.4 Å². The van der Waals surface area contributed by atoms with Gasteiger partial charge in [0.15, 0.2) is 5.96 Å². The van der Waals surface area contributed by atoms with Gasteiger partial charge in [-0.3, -0.25) is 14.7 Å². The highest BCUT2D eigenvalue weighted by atomic mass is 16.3. The van der Waals surface area contributed by atoms with Gasteiger partial charge in [0.05, 0.1) is 6.54 Å². The number of likely N-dealkylation sites (tertiary alicyclic amines) is 1. The number of carbonyl (C=O) groups excluding carboxylic acids is 1. The molecule has 0 spiro atoms. The Labute approximate surface area is 168 Å². The Hall–Kier alpha value is -2.28. The maximum absolute atomic E-state index is 12.1. The van der Waals surface area contributed by atoms with Crippen LogP contribution in [0.1, 0.15) is 50.4 Å². The summed E-state index contributed by atoms with van der Waals surface area (Å²) in [6, 6.07) is 6.22. The number of hydrogen-bond acceptors (Lipinski definition) is 4. The number of nitrogens with one attached hydrogen (secondary N) is 3. The molecule has 1 aromatic carbocycles. The van der Waals surface area contributed by atoms with E-state index in [-0.39, 0.29) is 17.2 Å². The van der Waals surface area contributed by atoms with Crippen molar-refractivity contribution >= 4 is 11.9 Å². The zero-order chi connectivity index (χ0) is 20.4. The minimum Gasteiger partial charge on any atom is -0.508 e. The van der Waals surface area contributed by atoms with Crippen molar-refractivity contribution in [1.29, 1.82) is 0 Å². The summed E-state index contributed by atoms with van der Waals surface area (Å²) >= 11 is 0. The van der Waals surface area contributed by atoms with Crippen LogP contribution in [0, 0.1) is 0 Å². The van der Waals surface area contributed by atoms with E-state index in [2.05, 4.69) is 34.7 Å². The van der Waals surface area contributed by atoms with E-state index in [0.29, 0.717) is 18.7 Å². The molecule has 0 atom stereocenters. The standard InChI is InChI=1S/C21H35N5O2/c1-4-22-20(25-16-21(2,3)26-14-6-5-7-15-26)24-13-12-23-19(28)17-8-10-18(27)11-9-17/h8-11,27H,4-7,12-16H2,1-3H3,(H,23,28)(H2,22,24,25). The molecule has 1 aromatic rings. The van der Waals surface area contributed by atoms with E-state index in [4.69, 9.17) is 4.99 Å². The molecule has 7 nitrogen and oxygen atoms in total. The van der Waals surface area contributed by atoms with Crippen molar-refractivity contribution < 1.29 is 9.90 Å². The maximum Gasteiger partial charge on any atom is 0.251 e. The first-order valence-electron chi connectivity index (χ1n) is 10.3. The van der Waals surface area contributed by atoms with Gasteiger partial charge in [0.2, 0.25) is 0 Å². The zero-order valence-corrected chi connectivity index (χ0v) is 17.4. The molecule has 1 amide bonds. The highest BCUT2D eigenvalue weighted by molar-refractivity contribution is 5.94. The summed E-state index contributed by atoms with van der Waals surface area (Å²) < 4.78 is 0. The second-order valence-corrected chi connectivity index (χ2v) is 7.78. The summed E-state index contributed by atoms with van der Waals surface area (Å²) in [5.41, 5.74) is 0.567.